The van der Waals surface area contributed by atoms with Gasteiger partial charge in [0.1, 0.15) is 0 Å². The molecule has 0 amide bonds. The summed E-state index contributed by atoms with van der Waals surface area (Å²) in [5, 5.41) is 12.1. The van der Waals surface area contributed by atoms with Crippen LogP contribution in [0.5, 0.6) is 0 Å². The summed E-state index contributed by atoms with van der Waals surface area (Å²) >= 11 is 6.06. The SMILES string of the molecule is Cc1cc2c(C#CCN(C)C)cccc2c(-c2ccc(Cl)cc2)c1CC(=O)O. The van der Waals surface area contributed by atoms with Crippen molar-refractivity contribution in [3.8, 4) is 23.0 Å². The maximum absolute atomic E-state index is 11.5. The van der Waals surface area contributed by atoms with E-state index in [1.165, 1.54) is 0 Å². The lowest BCUT2D eigenvalue weighted by Crippen LogP contribution is -2.10. The van der Waals surface area contributed by atoms with Crippen LogP contribution < -0.4 is 0 Å². The molecule has 3 nitrogen and oxygen atoms in total. The Balaban J connectivity index is 2.30. The maximum Gasteiger partial charge on any atom is 0.307 e. The molecule has 28 heavy (non-hydrogen) atoms. The average Bonchev–Trinajstić information content (AvgIpc) is 2.63. The van der Waals surface area contributed by atoms with Gasteiger partial charge in [-0.05, 0) is 78.3 Å². The number of nitrogens with zero attached hydrogens (tertiary/aromatic N) is 1. The Hall–Kier alpha value is -2.80. The number of carboxylic acid groups (broad SMARTS) is 1. The number of fused-ring (bicyclic) bond motifs is 1. The first-order valence-corrected chi connectivity index (χ1v) is 9.41. The Morgan fingerprint density at radius 2 is 1.82 bits per heavy atom. The second-order valence-corrected chi connectivity index (χ2v) is 7.50. The number of carbonyl (C=O) groups is 1. The third-order valence-corrected chi connectivity index (χ3v) is 4.85. The molecule has 0 aromatic heterocycles. The van der Waals surface area contributed by atoms with Crippen LogP contribution in [-0.2, 0) is 11.2 Å². The van der Waals surface area contributed by atoms with Crippen molar-refractivity contribution >= 4 is 28.3 Å². The Morgan fingerprint density at radius 1 is 1.11 bits per heavy atom. The van der Waals surface area contributed by atoms with Crippen LogP contribution in [0.4, 0.5) is 0 Å². The quantitative estimate of drug-likeness (QED) is 0.635. The topological polar surface area (TPSA) is 40.5 Å². The molecule has 0 fully saturated rings. The number of aliphatic carboxylic acids is 1. The van der Waals surface area contributed by atoms with E-state index in [2.05, 4.69) is 11.8 Å². The van der Waals surface area contributed by atoms with Gasteiger partial charge in [0.2, 0.25) is 0 Å². The molecule has 0 radical (unpaired) electrons. The van der Waals surface area contributed by atoms with Crippen LogP contribution in [0.1, 0.15) is 16.7 Å². The van der Waals surface area contributed by atoms with Gasteiger partial charge in [-0.25, -0.2) is 0 Å². The van der Waals surface area contributed by atoms with E-state index in [9.17, 15) is 9.90 Å². The zero-order valence-electron chi connectivity index (χ0n) is 16.2. The van der Waals surface area contributed by atoms with E-state index in [4.69, 9.17) is 11.6 Å². The summed E-state index contributed by atoms with van der Waals surface area (Å²) in [6.45, 7) is 2.64. The summed E-state index contributed by atoms with van der Waals surface area (Å²) < 4.78 is 0. The van der Waals surface area contributed by atoms with Crippen molar-refractivity contribution < 1.29 is 9.90 Å². The summed E-state index contributed by atoms with van der Waals surface area (Å²) in [7, 11) is 3.97. The average molecular weight is 392 g/mol. The van der Waals surface area contributed by atoms with Gasteiger partial charge in [-0.15, -0.1) is 0 Å². The van der Waals surface area contributed by atoms with Crippen LogP contribution in [-0.4, -0.2) is 36.6 Å². The van der Waals surface area contributed by atoms with Gasteiger partial charge in [0, 0.05) is 10.6 Å². The Bertz CT molecular complexity index is 1090. The van der Waals surface area contributed by atoms with E-state index in [-0.39, 0.29) is 6.42 Å². The first-order chi connectivity index (χ1) is 13.4. The number of aryl methyl sites for hydroxylation is 1. The minimum absolute atomic E-state index is 0.0315. The van der Waals surface area contributed by atoms with E-state index in [0.29, 0.717) is 11.6 Å². The summed E-state index contributed by atoms with van der Waals surface area (Å²) in [4.78, 5) is 13.5. The van der Waals surface area contributed by atoms with Crippen molar-refractivity contribution in [1.82, 2.24) is 4.90 Å². The summed E-state index contributed by atoms with van der Waals surface area (Å²) in [6.07, 6.45) is -0.0315. The van der Waals surface area contributed by atoms with Crippen molar-refractivity contribution in [2.24, 2.45) is 0 Å². The van der Waals surface area contributed by atoms with Crippen LogP contribution in [0.15, 0.2) is 48.5 Å². The fourth-order valence-corrected chi connectivity index (χ4v) is 3.46. The Labute approximate surface area is 170 Å². The van der Waals surface area contributed by atoms with Gasteiger partial charge in [0.15, 0.2) is 0 Å². The van der Waals surface area contributed by atoms with Crippen LogP contribution >= 0.6 is 11.6 Å². The number of carboxylic acids is 1. The van der Waals surface area contributed by atoms with Crippen molar-refractivity contribution in [3.63, 3.8) is 0 Å². The van der Waals surface area contributed by atoms with Gasteiger partial charge in [0.05, 0.1) is 13.0 Å². The molecule has 0 heterocycles. The maximum atomic E-state index is 11.5. The van der Waals surface area contributed by atoms with Gasteiger partial charge in [-0.2, -0.15) is 0 Å². The Morgan fingerprint density at radius 3 is 2.46 bits per heavy atom. The molecule has 0 aliphatic heterocycles. The number of hydrogen-bond donors (Lipinski definition) is 1. The molecular formula is C24H22ClNO2. The standard InChI is InChI=1S/C24H22ClNO2/c1-16-14-22-17(7-5-13-26(2)3)6-4-8-20(22)24(21(16)15-23(27)28)18-9-11-19(25)12-10-18/h4,6,8-12,14H,13,15H2,1-3H3,(H,27,28). The molecule has 3 aromatic rings. The molecule has 142 valence electrons. The summed E-state index contributed by atoms with van der Waals surface area (Å²) in [5.41, 5.74) is 4.60. The van der Waals surface area contributed by atoms with Gasteiger partial charge in [0.25, 0.3) is 0 Å². The molecule has 3 aromatic carbocycles. The second kappa shape index (κ2) is 8.48. The first-order valence-electron chi connectivity index (χ1n) is 9.03. The van der Waals surface area contributed by atoms with Gasteiger partial charge in [-0.3, -0.25) is 9.69 Å². The molecule has 0 bridgehead atoms. The monoisotopic (exact) mass is 391 g/mol. The number of hydrogen-bond acceptors (Lipinski definition) is 2. The van der Waals surface area contributed by atoms with E-state index in [1.807, 2.05) is 74.4 Å². The molecule has 0 saturated carbocycles. The molecule has 0 spiro atoms. The molecule has 4 heteroatoms. The van der Waals surface area contributed by atoms with Crippen LogP contribution in [0.2, 0.25) is 5.02 Å². The van der Waals surface area contributed by atoms with E-state index >= 15 is 0 Å². The van der Waals surface area contributed by atoms with Crippen LogP contribution in [0.3, 0.4) is 0 Å². The van der Waals surface area contributed by atoms with E-state index in [0.717, 1.165) is 38.6 Å². The third kappa shape index (κ3) is 4.36. The fourth-order valence-electron chi connectivity index (χ4n) is 3.33. The lowest BCUT2D eigenvalue weighted by molar-refractivity contribution is -0.136. The second-order valence-electron chi connectivity index (χ2n) is 7.06. The highest BCUT2D eigenvalue weighted by atomic mass is 35.5. The minimum Gasteiger partial charge on any atom is -0.481 e. The highest BCUT2D eigenvalue weighted by Crippen LogP contribution is 2.36. The van der Waals surface area contributed by atoms with E-state index in [1.54, 1.807) is 0 Å². The highest BCUT2D eigenvalue weighted by Gasteiger charge is 2.17. The largest absolute Gasteiger partial charge is 0.481 e. The molecule has 0 unspecified atom stereocenters. The zero-order chi connectivity index (χ0) is 20.3. The molecule has 3 rings (SSSR count). The van der Waals surface area contributed by atoms with Crippen molar-refractivity contribution in [2.75, 3.05) is 20.6 Å². The fraction of sp³-hybridized carbons (Fsp3) is 0.208. The number of rotatable bonds is 4. The lowest BCUT2D eigenvalue weighted by Gasteiger charge is -2.17. The van der Waals surface area contributed by atoms with Crippen LogP contribution in [0, 0.1) is 18.8 Å². The molecule has 0 saturated heterocycles. The zero-order valence-corrected chi connectivity index (χ0v) is 17.0. The number of benzene rings is 3. The normalized spacial score (nSPS) is 10.8. The first kappa shape index (κ1) is 19.9. The molecular weight excluding hydrogens is 370 g/mol. The van der Waals surface area contributed by atoms with Gasteiger partial charge < -0.3 is 5.11 Å². The van der Waals surface area contributed by atoms with Gasteiger partial charge >= 0.3 is 5.97 Å². The van der Waals surface area contributed by atoms with Crippen molar-refractivity contribution in [2.45, 2.75) is 13.3 Å². The molecule has 1 N–H and O–H groups in total. The smallest absolute Gasteiger partial charge is 0.307 e. The van der Waals surface area contributed by atoms with E-state index < -0.39 is 5.97 Å². The predicted octanol–water partition coefficient (Wildman–Crippen LogP) is 5.01. The summed E-state index contributed by atoms with van der Waals surface area (Å²) in [6, 6.07) is 15.6. The highest BCUT2D eigenvalue weighted by molar-refractivity contribution is 6.30. The summed E-state index contributed by atoms with van der Waals surface area (Å²) in [5.74, 6) is 5.61. The van der Waals surface area contributed by atoms with Crippen molar-refractivity contribution in [1.29, 1.82) is 0 Å². The Kier molecular flexibility index (Phi) is 6.04. The molecule has 0 aliphatic rings. The van der Waals surface area contributed by atoms with Crippen LogP contribution in [0.25, 0.3) is 21.9 Å². The predicted molar refractivity (Wildman–Crippen MR) is 116 cm³/mol. The minimum atomic E-state index is -0.848. The third-order valence-electron chi connectivity index (χ3n) is 4.59. The lowest BCUT2D eigenvalue weighted by atomic mass is 9.87. The van der Waals surface area contributed by atoms with Gasteiger partial charge in [-0.1, -0.05) is 47.7 Å². The molecule has 0 atom stereocenters. The molecule has 0 aliphatic carbocycles. The number of halogens is 1. The van der Waals surface area contributed by atoms with Crippen molar-refractivity contribution in [3.05, 3.63) is 70.2 Å².